The van der Waals surface area contributed by atoms with Crippen LogP contribution in [0.25, 0.3) is 20.7 Å². The van der Waals surface area contributed by atoms with Gasteiger partial charge in [0.25, 0.3) is 0 Å². The van der Waals surface area contributed by atoms with Crippen molar-refractivity contribution in [2.24, 2.45) is 11.8 Å². The lowest BCUT2D eigenvalue weighted by molar-refractivity contribution is 0.248. The third kappa shape index (κ3) is 11.5. The molecule has 2 aliphatic rings. The van der Waals surface area contributed by atoms with Gasteiger partial charge in [-0.25, -0.2) is 39.9 Å². The molecule has 2 saturated heterocycles. The Bertz CT molecular complexity index is 1990. The van der Waals surface area contributed by atoms with Gasteiger partial charge in [0.05, 0.1) is 30.8 Å². The molecular formula is C42H62N10S4. The van der Waals surface area contributed by atoms with Gasteiger partial charge in [0.2, 0.25) is 0 Å². The summed E-state index contributed by atoms with van der Waals surface area (Å²) in [4.78, 5) is 41.8. The molecule has 0 unspecified atom stereocenters. The van der Waals surface area contributed by atoms with Crippen LogP contribution in [0.2, 0.25) is 0 Å². The average molecular weight is 835 g/mol. The molecule has 0 bridgehead atoms. The van der Waals surface area contributed by atoms with E-state index in [0.717, 1.165) is 94.8 Å². The largest absolute Gasteiger partial charge is 0.295 e. The molecule has 6 aromatic heterocycles. The second kappa shape index (κ2) is 20.5. The molecule has 2 fully saturated rings. The van der Waals surface area contributed by atoms with Crippen LogP contribution in [0.3, 0.4) is 0 Å². The monoisotopic (exact) mass is 834 g/mol. The maximum absolute atomic E-state index is 4.81. The highest BCUT2D eigenvalue weighted by molar-refractivity contribution is 7.59. The minimum Gasteiger partial charge on any atom is -0.295 e. The van der Waals surface area contributed by atoms with Crippen LogP contribution in [-0.4, -0.2) is 75.9 Å². The fourth-order valence-electron chi connectivity index (χ4n) is 7.87. The van der Waals surface area contributed by atoms with Crippen molar-refractivity contribution in [1.29, 1.82) is 0 Å². The van der Waals surface area contributed by atoms with Crippen molar-refractivity contribution in [2.45, 2.75) is 108 Å². The van der Waals surface area contributed by atoms with Crippen molar-refractivity contribution in [3.63, 3.8) is 0 Å². The van der Waals surface area contributed by atoms with Gasteiger partial charge in [-0.2, -0.15) is 27.0 Å². The van der Waals surface area contributed by atoms with E-state index in [0.29, 0.717) is 23.9 Å². The van der Waals surface area contributed by atoms with E-state index in [2.05, 4.69) is 89.9 Å². The first kappa shape index (κ1) is 47.2. The minimum absolute atomic E-state index is 0. The number of aromatic nitrogens is 8. The van der Waals surface area contributed by atoms with Crippen LogP contribution < -0.4 is 0 Å². The van der Waals surface area contributed by atoms with Gasteiger partial charge in [-0.15, -0.1) is 22.7 Å². The van der Waals surface area contributed by atoms with Crippen LogP contribution in [0.5, 0.6) is 0 Å². The summed E-state index contributed by atoms with van der Waals surface area (Å²) in [5, 5.41) is 2.16. The summed E-state index contributed by atoms with van der Waals surface area (Å²) in [6.07, 6.45) is 4.49. The summed E-state index contributed by atoms with van der Waals surface area (Å²) in [5.74, 6) is 3.05. The topological polar surface area (TPSA) is 110 Å². The fourth-order valence-corrected chi connectivity index (χ4v) is 9.41. The van der Waals surface area contributed by atoms with Gasteiger partial charge >= 0.3 is 0 Å². The first-order valence-corrected chi connectivity index (χ1v) is 20.2. The van der Waals surface area contributed by atoms with Gasteiger partial charge in [-0.05, 0) is 142 Å². The number of aryl methyl sites for hydroxylation is 6. The predicted octanol–water partition coefficient (Wildman–Crippen LogP) is 9.56. The summed E-state index contributed by atoms with van der Waals surface area (Å²) in [6.45, 7) is 21.1. The normalized spacial score (nSPS) is 17.9. The zero-order chi connectivity index (χ0) is 36.5. The number of nitrogens with zero attached hydrogens (tertiary/aromatic N) is 10. The predicted molar refractivity (Wildman–Crippen MR) is 245 cm³/mol. The second-order valence-electron chi connectivity index (χ2n) is 14.7. The Hall–Kier alpha value is -3.14. The van der Waals surface area contributed by atoms with Gasteiger partial charge in [0, 0.05) is 47.9 Å². The van der Waals surface area contributed by atoms with Gasteiger partial charge in [0.15, 0.2) is 11.3 Å². The molecule has 6 aromatic rings. The third-order valence-corrected chi connectivity index (χ3v) is 12.2. The summed E-state index contributed by atoms with van der Waals surface area (Å²) >= 11 is 3.42. The highest BCUT2D eigenvalue weighted by Gasteiger charge is 2.29. The molecule has 0 amide bonds. The van der Waals surface area contributed by atoms with Crippen molar-refractivity contribution in [1.82, 2.24) is 49.7 Å². The number of hydrogen-bond acceptors (Lipinski definition) is 12. The molecule has 8 heterocycles. The second-order valence-corrected chi connectivity index (χ2v) is 17.2. The van der Waals surface area contributed by atoms with Crippen molar-refractivity contribution in [3.8, 4) is 0 Å². The zero-order valence-electron chi connectivity index (χ0n) is 32.7. The van der Waals surface area contributed by atoms with E-state index in [9.17, 15) is 0 Å². The molecule has 0 N–H and O–H groups in total. The number of thiazole rings is 2. The number of pyridine rings is 2. The number of hydrogen-bond donors (Lipinski definition) is 0. The summed E-state index contributed by atoms with van der Waals surface area (Å²) < 4.78 is 2.35. The molecule has 2 aliphatic heterocycles. The number of likely N-dealkylation sites (tertiary alicyclic amines) is 2. The van der Waals surface area contributed by atoms with Gasteiger partial charge in [-0.1, -0.05) is 14.9 Å². The van der Waals surface area contributed by atoms with Crippen molar-refractivity contribution in [2.75, 3.05) is 26.2 Å². The molecule has 14 heteroatoms. The summed E-state index contributed by atoms with van der Waals surface area (Å²) in [7, 11) is 0. The lowest BCUT2D eigenvalue weighted by Crippen LogP contribution is -2.25. The van der Waals surface area contributed by atoms with E-state index in [-0.39, 0.29) is 41.8 Å². The highest BCUT2D eigenvalue weighted by Crippen LogP contribution is 2.32. The van der Waals surface area contributed by atoms with Crippen LogP contribution >= 0.6 is 49.7 Å². The van der Waals surface area contributed by atoms with E-state index >= 15 is 0 Å². The Labute approximate surface area is 356 Å². The lowest BCUT2D eigenvalue weighted by atomic mass is 10.0. The van der Waals surface area contributed by atoms with Crippen LogP contribution in [0.1, 0.15) is 109 Å². The van der Waals surface area contributed by atoms with Crippen molar-refractivity contribution in [3.05, 3.63) is 92.2 Å². The van der Waals surface area contributed by atoms with Crippen molar-refractivity contribution < 1.29 is 0 Å². The smallest absolute Gasteiger partial charge is 0.170 e. The molecular weight excluding hydrogens is 773 g/mol. The standard InChI is InChI=1S/2C20H25N5S.2CH4.2H2S/c2*1-12-9-17(22-14(3)21-12)10-16-7-8-25(11-16)13(2)18-5-6-19-20(24-18)23-15(4)26-19;;;;/h2*5-6,9,13,16H,7-8,10-11H2,1-4H3;2*1H4;2*1H2/t13-,16+;13-,16-;;;;/m10..../s1. The summed E-state index contributed by atoms with van der Waals surface area (Å²) in [5.41, 5.74) is 8.49. The Morgan fingerprint density at radius 2 is 0.964 bits per heavy atom. The summed E-state index contributed by atoms with van der Waals surface area (Å²) in [6, 6.07) is 13.5. The SMILES string of the molecule is C.C.Cc1cc(C[C@@H]2CCN([C@@H](C)c3ccc4sc(C)nc4n3)C2)nc(C)n1.Cc1cc(C[C@@H]2CCN([C@H](C)c3ccc4sc(C)nc4n3)C2)nc(C)n1.S.S. The van der Waals surface area contributed by atoms with Crippen LogP contribution in [0.15, 0.2) is 36.4 Å². The molecule has 0 radical (unpaired) electrons. The average Bonchev–Trinajstić information content (AvgIpc) is 3.89. The Morgan fingerprint density at radius 1 is 0.571 bits per heavy atom. The molecule has 0 aliphatic carbocycles. The maximum Gasteiger partial charge on any atom is 0.170 e. The Morgan fingerprint density at radius 3 is 1.34 bits per heavy atom. The highest BCUT2D eigenvalue weighted by atomic mass is 32.1. The van der Waals surface area contributed by atoms with E-state index in [4.69, 9.17) is 9.97 Å². The van der Waals surface area contributed by atoms with Crippen LogP contribution in [0, 0.1) is 53.4 Å². The molecule has 56 heavy (non-hydrogen) atoms. The molecule has 0 saturated carbocycles. The minimum atomic E-state index is 0. The quantitative estimate of drug-likeness (QED) is 0.147. The first-order valence-electron chi connectivity index (χ1n) is 18.5. The lowest BCUT2D eigenvalue weighted by Gasteiger charge is -2.24. The Balaban J connectivity index is 0.000000280. The molecule has 0 spiro atoms. The molecule has 0 aromatic carbocycles. The third-order valence-electron chi connectivity index (χ3n) is 10.4. The van der Waals surface area contributed by atoms with E-state index < -0.39 is 0 Å². The zero-order valence-corrected chi connectivity index (χ0v) is 36.4. The van der Waals surface area contributed by atoms with E-state index in [1.165, 1.54) is 33.6 Å². The van der Waals surface area contributed by atoms with Gasteiger partial charge in [-0.3, -0.25) is 9.80 Å². The van der Waals surface area contributed by atoms with Crippen LogP contribution in [0.4, 0.5) is 0 Å². The number of rotatable bonds is 8. The Kier molecular flexibility index (Phi) is 17.3. The van der Waals surface area contributed by atoms with Gasteiger partial charge in [0.1, 0.15) is 11.6 Å². The maximum atomic E-state index is 4.81. The number of fused-ring (bicyclic) bond motifs is 2. The fraction of sp³-hybridized carbons (Fsp3) is 0.524. The van der Waals surface area contributed by atoms with E-state index in [1.807, 2.05) is 41.5 Å². The molecule has 304 valence electrons. The molecule has 8 rings (SSSR count). The van der Waals surface area contributed by atoms with Crippen molar-refractivity contribution >= 4 is 70.4 Å². The van der Waals surface area contributed by atoms with Gasteiger partial charge < -0.3 is 0 Å². The first-order chi connectivity index (χ1) is 24.9. The molecule has 10 nitrogen and oxygen atoms in total. The van der Waals surface area contributed by atoms with E-state index in [1.54, 1.807) is 22.7 Å². The molecule has 4 atom stereocenters. The van der Waals surface area contributed by atoms with Crippen LogP contribution in [-0.2, 0) is 12.8 Å².